The quantitative estimate of drug-likeness (QED) is 0.549. The number of halogens is 1. The molecule has 0 aliphatic rings. The van der Waals surface area contributed by atoms with E-state index in [0.717, 1.165) is 4.57 Å². The van der Waals surface area contributed by atoms with Gasteiger partial charge < -0.3 is 14.5 Å². The lowest BCUT2D eigenvalue weighted by Crippen LogP contribution is -2.25. The first-order chi connectivity index (χ1) is 12.0. The molecule has 0 atom stereocenters. The van der Waals surface area contributed by atoms with Crippen molar-refractivity contribution < 1.29 is 18.7 Å². The van der Waals surface area contributed by atoms with Gasteiger partial charge in [-0.3, -0.25) is 14.2 Å². The molecule has 128 valence electrons. The Morgan fingerprint density at radius 3 is 2.84 bits per heavy atom. The van der Waals surface area contributed by atoms with Crippen molar-refractivity contribution in [1.29, 1.82) is 0 Å². The summed E-state index contributed by atoms with van der Waals surface area (Å²) in [5, 5.41) is 2.59. The Balaban J connectivity index is 1.59. The Bertz CT molecular complexity index is 995. The van der Waals surface area contributed by atoms with Gasteiger partial charge in [0.25, 0.3) is 5.91 Å². The number of benzene rings is 1. The highest BCUT2D eigenvalue weighted by Gasteiger charge is 2.15. The maximum atomic E-state index is 11.9. The average Bonchev–Trinajstić information content (AvgIpc) is 2.91. The molecule has 2 heterocycles. The van der Waals surface area contributed by atoms with Gasteiger partial charge in [0.2, 0.25) is 0 Å². The second-order valence-corrected chi connectivity index (χ2v) is 5.33. The molecule has 8 nitrogen and oxygen atoms in total. The molecule has 9 heteroatoms. The Morgan fingerprint density at radius 1 is 1.24 bits per heavy atom. The van der Waals surface area contributed by atoms with Gasteiger partial charge in [0.1, 0.15) is 6.54 Å². The standard InChI is InChI=1S/C16H12ClN3O5/c17-15-10(4-3-7-18-15)19-13(21)9-24-14(22)8-20-11-5-1-2-6-12(11)25-16(20)23/h1-7H,8-9H2,(H,19,21). The number of nitrogens with zero attached hydrogens (tertiary/aromatic N) is 2. The third-order valence-electron chi connectivity index (χ3n) is 3.26. The van der Waals surface area contributed by atoms with Crippen LogP contribution in [0.2, 0.25) is 5.15 Å². The fourth-order valence-electron chi connectivity index (χ4n) is 2.15. The van der Waals surface area contributed by atoms with Crippen molar-refractivity contribution in [2.24, 2.45) is 0 Å². The Labute approximate surface area is 146 Å². The van der Waals surface area contributed by atoms with Crippen molar-refractivity contribution in [2.75, 3.05) is 11.9 Å². The third-order valence-corrected chi connectivity index (χ3v) is 3.56. The molecular weight excluding hydrogens is 350 g/mol. The molecule has 0 aliphatic carbocycles. The zero-order valence-corrected chi connectivity index (χ0v) is 13.5. The average molecular weight is 362 g/mol. The minimum Gasteiger partial charge on any atom is -0.454 e. The number of rotatable bonds is 5. The van der Waals surface area contributed by atoms with Gasteiger partial charge in [0.15, 0.2) is 17.3 Å². The number of ether oxygens (including phenoxy) is 1. The van der Waals surface area contributed by atoms with E-state index in [1.54, 1.807) is 36.4 Å². The number of hydrogen-bond donors (Lipinski definition) is 1. The minimum atomic E-state index is -0.749. The van der Waals surface area contributed by atoms with Crippen molar-refractivity contribution in [3.05, 3.63) is 58.3 Å². The van der Waals surface area contributed by atoms with E-state index in [-0.39, 0.29) is 11.7 Å². The lowest BCUT2D eigenvalue weighted by Gasteiger charge is -2.07. The fraction of sp³-hybridized carbons (Fsp3) is 0.125. The summed E-state index contributed by atoms with van der Waals surface area (Å²) in [5.41, 5.74) is 1.14. The Kier molecular flexibility index (Phi) is 4.80. The van der Waals surface area contributed by atoms with Gasteiger partial charge in [-0.2, -0.15) is 0 Å². The lowest BCUT2D eigenvalue weighted by molar-refractivity contribution is -0.147. The third kappa shape index (κ3) is 3.86. The van der Waals surface area contributed by atoms with Gasteiger partial charge in [-0.1, -0.05) is 23.7 Å². The first-order valence-corrected chi connectivity index (χ1v) is 7.57. The van der Waals surface area contributed by atoms with Crippen molar-refractivity contribution in [1.82, 2.24) is 9.55 Å². The summed E-state index contributed by atoms with van der Waals surface area (Å²) in [4.78, 5) is 39.3. The van der Waals surface area contributed by atoms with E-state index in [0.29, 0.717) is 16.8 Å². The summed E-state index contributed by atoms with van der Waals surface area (Å²) < 4.78 is 11.0. The van der Waals surface area contributed by atoms with Gasteiger partial charge in [-0.05, 0) is 24.3 Å². The van der Waals surface area contributed by atoms with Gasteiger partial charge in [-0.15, -0.1) is 0 Å². The van der Waals surface area contributed by atoms with Gasteiger partial charge in [0, 0.05) is 6.20 Å². The van der Waals surface area contributed by atoms with Crippen molar-refractivity contribution in [3.8, 4) is 0 Å². The van der Waals surface area contributed by atoms with Crippen molar-refractivity contribution in [3.63, 3.8) is 0 Å². The number of aromatic nitrogens is 2. The SMILES string of the molecule is O=C(COC(=O)Cn1c(=O)oc2ccccc21)Nc1cccnc1Cl. The van der Waals surface area contributed by atoms with Crippen LogP contribution < -0.4 is 11.1 Å². The molecule has 0 radical (unpaired) electrons. The summed E-state index contributed by atoms with van der Waals surface area (Å²) in [5.74, 6) is -2.00. The lowest BCUT2D eigenvalue weighted by atomic mass is 10.3. The van der Waals surface area contributed by atoms with Gasteiger partial charge in [0.05, 0.1) is 11.2 Å². The van der Waals surface area contributed by atoms with Crippen LogP contribution in [0.15, 0.2) is 51.8 Å². The predicted octanol–water partition coefficient (Wildman–Crippen LogP) is 1.82. The van der Waals surface area contributed by atoms with Crippen LogP contribution in [-0.4, -0.2) is 28.0 Å². The molecule has 3 aromatic rings. The molecule has 0 bridgehead atoms. The van der Waals surface area contributed by atoms with Gasteiger partial charge >= 0.3 is 11.7 Å². The number of anilines is 1. The zero-order chi connectivity index (χ0) is 17.8. The topological polar surface area (TPSA) is 103 Å². The molecule has 25 heavy (non-hydrogen) atoms. The highest BCUT2D eigenvalue weighted by molar-refractivity contribution is 6.32. The van der Waals surface area contributed by atoms with Crippen LogP contribution >= 0.6 is 11.6 Å². The molecule has 0 spiro atoms. The van der Waals surface area contributed by atoms with E-state index in [1.165, 1.54) is 6.20 Å². The van der Waals surface area contributed by atoms with E-state index < -0.39 is 24.2 Å². The van der Waals surface area contributed by atoms with E-state index >= 15 is 0 Å². The monoisotopic (exact) mass is 361 g/mol. The van der Waals surface area contributed by atoms with Crippen molar-refractivity contribution in [2.45, 2.75) is 6.54 Å². The molecule has 3 rings (SSSR count). The van der Waals surface area contributed by atoms with E-state index in [4.69, 9.17) is 20.8 Å². The molecule has 0 fully saturated rings. The highest BCUT2D eigenvalue weighted by atomic mass is 35.5. The second-order valence-electron chi connectivity index (χ2n) is 4.97. The smallest absolute Gasteiger partial charge is 0.420 e. The minimum absolute atomic E-state index is 0.124. The maximum absolute atomic E-state index is 11.9. The summed E-state index contributed by atoms with van der Waals surface area (Å²) in [7, 11) is 0. The normalized spacial score (nSPS) is 10.6. The first kappa shape index (κ1) is 16.7. The van der Waals surface area contributed by atoms with Crippen LogP contribution in [0.5, 0.6) is 0 Å². The van der Waals surface area contributed by atoms with E-state index in [2.05, 4.69) is 10.3 Å². The number of para-hydroxylation sites is 2. The number of pyridine rings is 1. The first-order valence-electron chi connectivity index (χ1n) is 7.19. The summed E-state index contributed by atoms with van der Waals surface area (Å²) in [6.45, 7) is -0.884. The molecule has 0 aliphatic heterocycles. The molecule has 1 amide bonds. The molecule has 1 aromatic carbocycles. The van der Waals surface area contributed by atoms with Crippen LogP contribution in [0.4, 0.5) is 5.69 Å². The molecule has 2 aromatic heterocycles. The molecular formula is C16H12ClN3O5. The number of hydrogen-bond acceptors (Lipinski definition) is 6. The summed E-state index contributed by atoms with van der Waals surface area (Å²) >= 11 is 5.82. The zero-order valence-electron chi connectivity index (χ0n) is 12.8. The number of oxazole rings is 1. The van der Waals surface area contributed by atoms with Crippen LogP contribution in [0, 0.1) is 0 Å². The Hall–Kier alpha value is -3.13. The van der Waals surface area contributed by atoms with Crippen LogP contribution in [-0.2, 0) is 20.9 Å². The maximum Gasteiger partial charge on any atom is 0.420 e. The number of amides is 1. The number of esters is 1. The predicted molar refractivity (Wildman–Crippen MR) is 89.3 cm³/mol. The van der Waals surface area contributed by atoms with E-state index in [9.17, 15) is 14.4 Å². The molecule has 0 unspecified atom stereocenters. The van der Waals surface area contributed by atoms with Gasteiger partial charge in [-0.25, -0.2) is 9.78 Å². The molecule has 1 N–H and O–H groups in total. The molecule has 0 saturated heterocycles. The summed E-state index contributed by atoms with van der Waals surface area (Å²) in [6.07, 6.45) is 1.48. The van der Waals surface area contributed by atoms with Crippen molar-refractivity contribution >= 4 is 40.3 Å². The number of carbonyl (C=O) groups excluding carboxylic acids is 2. The summed E-state index contributed by atoms with van der Waals surface area (Å²) in [6, 6.07) is 9.84. The second kappa shape index (κ2) is 7.18. The van der Waals surface area contributed by atoms with Crippen LogP contribution in [0.1, 0.15) is 0 Å². The fourth-order valence-corrected chi connectivity index (χ4v) is 2.32. The van der Waals surface area contributed by atoms with Crippen LogP contribution in [0.25, 0.3) is 11.1 Å². The number of fused-ring (bicyclic) bond motifs is 1. The Morgan fingerprint density at radius 2 is 2.04 bits per heavy atom. The van der Waals surface area contributed by atoms with E-state index in [1.807, 2.05) is 0 Å². The largest absolute Gasteiger partial charge is 0.454 e. The number of nitrogens with one attached hydrogen (secondary N) is 1. The molecule has 0 saturated carbocycles. The highest BCUT2D eigenvalue weighted by Crippen LogP contribution is 2.17. The number of carbonyl (C=O) groups is 2. The van der Waals surface area contributed by atoms with Crippen LogP contribution in [0.3, 0.4) is 0 Å².